The van der Waals surface area contributed by atoms with E-state index < -0.39 is 0 Å². The Labute approximate surface area is 49.8 Å². The van der Waals surface area contributed by atoms with Gasteiger partial charge < -0.3 is 9.47 Å². The van der Waals surface area contributed by atoms with Crippen molar-refractivity contribution in [1.29, 1.82) is 0 Å². The lowest BCUT2D eigenvalue weighted by atomic mass is 10.4. The van der Waals surface area contributed by atoms with Gasteiger partial charge in [0.25, 0.3) is 0 Å². The Kier molecular flexibility index (Phi) is 1.29. The molecule has 1 aliphatic rings. The van der Waals surface area contributed by atoms with Crippen molar-refractivity contribution in [2.45, 2.75) is 26.6 Å². The number of rotatable bonds is 0. The molecule has 0 saturated carbocycles. The van der Waals surface area contributed by atoms with Gasteiger partial charge in [0, 0.05) is 0 Å². The second kappa shape index (κ2) is 1.71. The molecule has 0 atom stereocenters. The van der Waals surface area contributed by atoms with Crippen LogP contribution in [0.25, 0.3) is 0 Å². The maximum atomic E-state index is 5.24. The molecule has 0 aliphatic carbocycles. The third-order valence-electron chi connectivity index (χ3n) is 1.04. The van der Waals surface area contributed by atoms with Gasteiger partial charge in [-0.25, -0.2) is 0 Å². The average molecular weight is 115 g/mol. The number of hydrogen-bond donors (Lipinski definition) is 0. The van der Waals surface area contributed by atoms with Crippen molar-refractivity contribution in [2.24, 2.45) is 0 Å². The first kappa shape index (κ1) is 6.05. The van der Waals surface area contributed by atoms with Crippen molar-refractivity contribution in [1.82, 2.24) is 0 Å². The van der Waals surface area contributed by atoms with Gasteiger partial charge in [-0.05, 0) is 20.8 Å². The third-order valence-corrected chi connectivity index (χ3v) is 1.04. The lowest BCUT2D eigenvalue weighted by Crippen LogP contribution is -2.19. The molecule has 1 saturated heterocycles. The maximum absolute atomic E-state index is 5.24. The summed E-state index contributed by atoms with van der Waals surface area (Å²) in [5.74, 6) is -0.371. The van der Waals surface area contributed by atoms with Crippen LogP contribution in [0.3, 0.4) is 0 Å². The minimum absolute atomic E-state index is 0.371. The molecule has 0 amide bonds. The molecule has 1 radical (unpaired) electrons. The van der Waals surface area contributed by atoms with Gasteiger partial charge in [-0.3, -0.25) is 0 Å². The molecule has 2 heteroatoms. The molecule has 1 aliphatic heterocycles. The highest BCUT2D eigenvalue weighted by molar-refractivity contribution is 4.80. The fraction of sp³-hybridized carbons (Fsp3) is 0.833. The monoisotopic (exact) mass is 115 g/mol. The topological polar surface area (TPSA) is 18.5 Å². The minimum Gasteiger partial charge on any atom is -0.347 e. The standard InChI is InChI=1S/C6H11O2/c1-5-4-7-6(2,3)8-5/h4H2,1-3H3. The summed E-state index contributed by atoms with van der Waals surface area (Å²) in [6.07, 6.45) is 0.968. The first-order valence-electron chi connectivity index (χ1n) is 2.75. The Morgan fingerprint density at radius 2 is 2.12 bits per heavy atom. The Hall–Kier alpha value is -0.0800. The average Bonchev–Trinajstić information content (AvgIpc) is 1.82. The fourth-order valence-corrected chi connectivity index (χ4v) is 0.754. The van der Waals surface area contributed by atoms with Crippen molar-refractivity contribution in [2.75, 3.05) is 6.61 Å². The second-order valence-electron chi connectivity index (χ2n) is 2.49. The van der Waals surface area contributed by atoms with Crippen LogP contribution in [-0.2, 0) is 9.47 Å². The van der Waals surface area contributed by atoms with Crippen molar-refractivity contribution >= 4 is 0 Å². The molecule has 2 nitrogen and oxygen atoms in total. The summed E-state index contributed by atoms with van der Waals surface area (Å²) in [4.78, 5) is 0. The van der Waals surface area contributed by atoms with Crippen LogP contribution in [0.2, 0.25) is 0 Å². The summed E-state index contributed by atoms with van der Waals surface area (Å²) < 4.78 is 10.4. The molecule has 8 heavy (non-hydrogen) atoms. The van der Waals surface area contributed by atoms with Crippen molar-refractivity contribution in [3.05, 3.63) is 6.10 Å². The first-order valence-corrected chi connectivity index (χ1v) is 2.75. The molecule has 47 valence electrons. The summed E-state index contributed by atoms with van der Waals surface area (Å²) in [6.45, 7) is 6.38. The highest BCUT2D eigenvalue weighted by Gasteiger charge is 2.30. The van der Waals surface area contributed by atoms with E-state index in [1.165, 1.54) is 0 Å². The Morgan fingerprint density at radius 1 is 1.50 bits per heavy atom. The quantitative estimate of drug-likeness (QED) is 0.474. The zero-order valence-electron chi connectivity index (χ0n) is 5.52. The SMILES string of the molecule is C[C]1COC(C)(C)O1. The molecular weight excluding hydrogens is 104 g/mol. The lowest BCUT2D eigenvalue weighted by molar-refractivity contribution is -0.123. The largest absolute Gasteiger partial charge is 0.347 e. The van der Waals surface area contributed by atoms with Gasteiger partial charge in [-0.2, -0.15) is 0 Å². The van der Waals surface area contributed by atoms with Crippen LogP contribution < -0.4 is 0 Å². The van der Waals surface area contributed by atoms with E-state index in [0.717, 1.165) is 6.10 Å². The maximum Gasteiger partial charge on any atom is 0.163 e. The van der Waals surface area contributed by atoms with Crippen LogP contribution in [0.1, 0.15) is 20.8 Å². The molecule has 0 aromatic carbocycles. The van der Waals surface area contributed by atoms with Gasteiger partial charge in [0.2, 0.25) is 0 Å². The summed E-state index contributed by atoms with van der Waals surface area (Å²) in [6, 6.07) is 0. The smallest absolute Gasteiger partial charge is 0.163 e. The first-order chi connectivity index (χ1) is 3.60. The molecule has 0 aromatic rings. The van der Waals surface area contributed by atoms with E-state index in [0.29, 0.717) is 6.61 Å². The molecule has 1 heterocycles. The summed E-state index contributed by atoms with van der Waals surface area (Å²) in [5.41, 5.74) is 0. The van der Waals surface area contributed by atoms with E-state index in [1.54, 1.807) is 0 Å². The summed E-state index contributed by atoms with van der Waals surface area (Å²) in [5, 5.41) is 0. The highest BCUT2D eigenvalue weighted by Crippen LogP contribution is 2.25. The minimum atomic E-state index is -0.371. The molecule has 0 aromatic heterocycles. The van der Waals surface area contributed by atoms with Crippen LogP contribution >= 0.6 is 0 Å². The molecule has 0 bridgehead atoms. The zero-order chi connectivity index (χ0) is 6.20. The van der Waals surface area contributed by atoms with Crippen LogP contribution in [0.4, 0.5) is 0 Å². The summed E-state index contributed by atoms with van der Waals surface area (Å²) >= 11 is 0. The predicted molar refractivity (Wildman–Crippen MR) is 30.0 cm³/mol. The fourth-order valence-electron chi connectivity index (χ4n) is 0.754. The van der Waals surface area contributed by atoms with E-state index in [4.69, 9.17) is 9.47 Å². The Balaban J connectivity index is 2.44. The van der Waals surface area contributed by atoms with E-state index >= 15 is 0 Å². The van der Waals surface area contributed by atoms with Gasteiger partial charge in [0.15, 0.2) is 5.79 Å². The van der Waals surface area contributed by atoms with Gasteiger partial charge in [0.1, 0.15) is 6.10 Å². The van der Waals surface area contributed by atoms with E-state index in [-0.39, 0.29) is 5.79 Å². The van der Waals surface area contributed by atoms with Crippen molar-refractivity contribution < 1.29 is 9.47 Å². The lowest BCUT2D eigenvalue weighted by Gasteiger charge is -2.14. The van der Waals surface area contributed by atoms with E-state index in [1.807, 2.05) is 20.8 Å². The van der Waals surface area contributed by atoms with E-state index in [9.17, 15) is 0 Å². The number of hydrogen-bond acceptors (Lipinski definition) is 2. The van der Waals surface area contributed by atoms with Crippen LogP contribution in [0.15, 0.2) is 0 Å². The highest BCUT2D eigenvalue weighted by atomic mass is 16.7. The van der Waals surface area contributed by atoms with Crippen molar-refractivity contribution in [3.8, 4) is 0 Å². The summed E-state index contributed by atoms with van der Waals surface area (Å²) in [7, 11) is 0. The molecule has 1 fully saturated rings. The van der Waals surface area contributed by atoms with Crippen LogP contribution in [0, 0.1) is 6.10 Å². The predicted octanol–water partition coefficient (Wildman–Crippen LogP) is 1.32. The number of ether oxygens (including phenoxy) is 2. The Morgan fingerprint density at radius 3 is 2.25 bits per heavy atom. The molecule has 0 N–H and O–H groups in total. The van der Waals surface area contributed by atoms with Gasteiger partial charge in [0.05, 0.1) is 6.61 Å². The normalized spacial score (nSPS) is 28.9. The van der Waals surface area contributed by atoms with Gasteiger partial charge >= 0.3 is 0 Å². The third kappa shape index (κ3) is 1.20. The molecule has 0 unspecified atom stereocenters. The molecular formula is C6H11O2. The van der Waals surface area contributed by atoms with E-state index in [2.05, 4.69) is 0 Å². The van der Waals surface area contributed by atoms with Gasteiger partial charge in [-0.1, -0.05) is 0 Å². The second-order valence-corrected chi connectivity index (χ2v) is 2.49. The van der Waals surface area contributed by atoms with Crippen LogP contribution in [-0.4, -0.2) is 12.4 Å². The van der Waals surface area contributed by atoms with Gasteiger partial charge in [-0.15, -0.1) is 0 Å². The Bertz CT molecular complexity index is 88.5. The molecule has 1 rings (SSSR count). The molecule has 0 spiro atoms. The van der Waals surface area contributed by atoms with Crippen molar-refractivity contribution in [3.63, 3.8) is 0 Å². The zero-order valence-corrected chi connectivity index (χ0v) is 5.52. The van der Waals surface area contributed by atoms with Crippen LogP contribution in [0.5, 0.6) is 0 Å².